The second kappa shape index (κ2) is 7.66. The van der Waals surface area contributed by atoms with Gasteiger partial charge in [0.15, 0.2) is 0 Å². The summed E-state index contributed by atoms with van der Waals surface area (Å²) in [5.41, 5.74) is 1.11. The van der Waals surface area contributed by atoms with Crippen molar-refractivity contribution in [3.8, 4) is 11.4 Å². The molecule has 0 saturated carbocycles. The largest absolute Gasteiger partial charge is 0.489 e. The summed E-state index contributed by atoms with van der Waals surface area (Å²) in [5.74, 6) is 1.22. The minimum Gasteiger partial charge on any atom is -0.489 e. The summed E-state index contributed by atoms with van der Waals surface area (Å²) >= 11 is 12.1. The third-order valence-corrected chi connectivity index (χ3v) is 4.95. The van der Waals surface area contributed by atoms with Crippen LogP contribution in [0.15, 0.2) is 59.5 Å². The predicted octanol–water partition coefficient (Wildman–Crippen LogP) is 4.28. The zero-order valence-corrected chi connectivity index (χ0v) is 16.5. The van der Waals surface area contributed by atoms with Crippen LogP contribution < -0.4 is 10.4 Å². The van der Waals surface area contributed by atoms with Gasteiger partial charge in [0.05, 0.1) is 17.3 Å². The number of aryl methyl sites for hydroxylation is 1. The topological polar surface area (TPSA) is 61.9 Å². The van der Waals surface area contributed by atoms with Crippen molar-refractivity contribution in [1.29, 1.82) is 0 Å². The first kappa shape index (κ1) is 18.5. The molecule has 0 N–H and O–H groups in total. The van der Waals surface area contributed by atoms with Crippen LogP contribution >= 0.6 is 23.2 Å². The minimum atomic E-state index is -0.234. The Morgan fingerprint density at radius 3 is 2.64 bits per heavy atom. The molecule has 0 radical (unpaired) electrons. The van der Waals surface area contributed by atoms with Crippen molar-refractivity contribution in [3.63, 3.8) is 0 Å². The monoisotopic (exact) mass is 414 g/mol. The maximum Gasteiger partial charge on any atom is 0.350 e. The number of pyridine rings is 1. The fourth-order valence-electron chi connectivity index (χ4n) is 2.98. The molecule has 6 nitrogen and oxygen atoms in total. The van der Waals surface area contributed by atoms with E-state index < -0.39 is 0 Å². The predicted molar refractivity (Wildman–Crippen MR) is 110 cm³/mol. The highest BCUT2D eigenvalue weighted by molar-refractivity contribution is 6.35. The molecule has 4 rings (SSSR count). The smallest absolute Gasteiger partial charge is 0.350 e. The Morgan fingerprint density at radius 2 is 1.86 bits per heavy atom. The first-order valence-corrected chi connectivity index (χ1v) is 9.38. The van der Waals surface area contributed by atoms with Gasteiger partial charge in [0, 0.05) is 16.6 Å². The second-order valence-electron chi connectivity index (χ2n) is 6.16. The zero-order chi connectivity index (χ0) is 19.7. The number of nitrogens with zero attached hydrogens (tertiary/aromatic N) is 4. The highest BCUT2D eigenvalue weighted by Gasteiger charge is 2.12. The van der Waals surface area contributed by atoms with Gasteiger partial charge in [0.25, 0.3) is 0 Å². The molecule has 0 saturated heterocycles. The summed E-state index contributed by atoms with van der Waals surface area (Å²) in [6.07, 6.45) is 1.69. The fourth-order valence-corrected chi connectivity index (χ4v) is 3.32. The summed E-state index contributed by atoms with van der Waals surface area (Å²) < 4.78 is 8.81. The van der Waals surface area contributed by atoms with Crippen LogP contribution in [0.1, 0.15) is 5.82 Å². The van der Waals surface area contributed by atoms with Crippen molar-refractivity contribution in [2.75, 3.05) is 6.61 Å². The molecule has 28 heavy (non-hydrogen) atoms. The van der Waals surface area contributed by atoms with Gasteiger partial charge < -0.3 is 4.74 Å². The summed E-state index contributed by atoms with van der Waals surface area (Å²) in [6, 6.07) is 14.2. The van der Waals surface area contributed by atoms with Crippen LogP contribution in [0.4, 0.5) is 0 Å². The number of halogens is 2. The summed E-state index contributed by atoms with van der Waals surface area (Å²) in [6.45, 7) is 2.43. The molecule has 0 aliphatic carbocycles. The van der Waals surface area contributed by atoms with Gasteiger partial charge in [-0.15, -0.1) is 0 Å². The van der Waals surface area contributed by atoms with E-state index in [-0.39, 0.29) is 5.69 Å². The van der Waals surface area contributed by atoms with Gasteiger partial charge in [0.1, 0.15) is 23.7 Å². The molecule has 2 heterocycles. The van der Waals surface area contributed by atoms with Crippen LogP contribution in [0.2, 0.25) is 10.0 Å². The average molecular weight is 415 g/mol. The summed E-state index contributed by atoms with van der Waals surface area (Å²) in [7, 11) is 0. The van der Waals surface area contributed by atoms with E-state index in [4.69, 9.17) is 27.9 Å². The van der Waals surface area contributed by atoms with E-state index in [1.807, 2.05) is 12.1 Å². The highest BCUT2D eigenvalue weighted by atomic mass is 35.5. The summed E-state index contributed by atoms with van der Waals surface area (Å²) in [4.78, 5) is 17.1. The van der Waals surface area contributed by atoms with Crippen molar-refractivity contribution in [1.82, 2.24) is 19.3 Å². The van der Waals surface area contributed by atoms with Crippen LogP contribution in [0.3, 0.4) is 0 Å². The molecule has 142 valence electrons. The number of hydrogen-bond acceptors (Lipinski definition) is 4. The van der Waals surface area contributed by atoms with Gasteiger partial charge in [-0.1, -0.05) is 23.2 Å². The van der Waals surface area contributed by atoms with Crippen molar-refractivity contribution in [2.24, 2.45) is 0 Å². The van der Waals surface area contributed by atoms with E-state index in [1.165, 1.54) is 4.68 Å². The first-order valence-electron chi connectivity index (χ1n) is 8.63. The molecule has 2 aromatic heterocycles. The first-order chi connectivity index (χ1) is 13.5. The molecule has 8 heteroatoms. The fraction of sp³-hybridized carbons (Fsp3) is 0.150. The van der Waals surface area contributed by atoms with Crippen LogP contribution in [-0.4, -0.2) is 25.9 Å². The Labute approximate surface area is 170 Å². The number of hydrogen-bond donors (Lipinski definition) is 0. The minimum absolute atomic E-state index is 0.234. The van der Waals surface area contributed by atoms with Gasteiger partial charge in [-0.05, 0) is 55.5 Å². The number of rotatable bonds is 5. The molecule has 2 aromatic carbocycles. The quantitative estimate of drug-likeness (QED) is 0.488. The molecular weight excluding hydrogens is 399 g/mol. The SMILES string of the molecule is Cc1nn(-c2ccc(Cl)cc2)c(=O)n1CCOc1ccc(Cl)c2cccnc12. The number of ether oxygens (including phenoxy) is 1. The van der Waals surface area contributed by atoms with E-state index in [0.717, 1.165) is 5.39 Å². The van der Waals surface area contributed by atoms with Crippen molar-refractivity contribution < 1.29 is 4.74 Å². The third kappa shape index (κ3) is 3.48. The Balaban J connectivity index is 1.54. The van der Waals surface area contributed by atoms with Gasteiger partial charge in [-0.2, -0.15) is 9.78 Å². The van der Waals surface area contributed by atoms with Crippen LogP contribution in [0.5, 0.6) is 5.75 Å². The van der Waals surface area contributed by atoms with Crippen molar-refractivity contribution in [3.05, 3.63) is 81.1 Å². The molecule has 0 amide bonds. The lowest BCUT2D eigenvalue weighted by atomic mass is 10.2. The number of fused-ring (bicyclic) bond motifs is 1. The van der Waals surface area contributed by atoms with E-state index in [9.17, 15) is 4.79 Å². The molecule has 0 bridgehead atoms. The Kier molecular flexibility index (Phi) is 5.07. The lowest BCUT2D eigenvalue weighted by molar-refractivity contribution is 0.297. The molecular formula is C20H16Cl2N4O2. The molecule has 0 unspecified atom stereocenters. The Hall–Kier alpha value is -2.83. The molecule has 4 aromatic rings. The Morgan fingerprint density at radius 1 is 1.07 bits per heavy atom. The standard InChI is InChI=1S/C20H16Cl2N4O2/c1-13-24-26(15-6-4-14(21)5-7-15)20(27)25(13)11-12-28-18-9-8-17(22)16-3-2-10-23-19(16)18/h2-10H,11-12H2,1H3. The second-order valence-corrected chi connectivity index (χ2v) is 7.01. The number of benzene rings is 2. The normalized spacial score (nSPS) is 11.1. The van der Waals surface area contributed by atoms with E-state index in [2.05, 4.69) is 10.1 Å². The highest BCUT2D eigenvalue weighted by Crippen LogP contribution is 2.29. The number of aromatic nitrogens is 4. The van der Waals surface area contributed by atoms with Crippen molar-refractivity contribution >= 4 is 34.1 Å². The van der Waals surface area contributed by atoms with Crippen molar-refractivity contribution in [2.45, 2.75) is 13.5 Å². The van der Waals surface area contributed by atoms with E-state index in [0.29, 0.717) is 46.0 Å². The van der Waals surface area contributed by atoms with E-state index >= 15 is 0 Å². The van der Waals surface area contributed by atoms with Gasteiger partial charge in [-0.25, -0.2) is 4.79 Å². The maximum atomic E-state index is 12.7. The van der Waals surface area contributed by atoms with Gasteiger partial charge in [-0.3, -0.25) is 9.55 Å². The summed E-state index contributed by atoms with van der Waals surface area (Å²) in [5, 5.41) is 6.38. The lowest BCUT2D eigenvalue weighted by Gasteiger charge is -2.10. The van der Waals surface area contributed by atoms with Crippen LogP contribution in [-0.2, 0) is 6.54 Å². The Bertz CT molecular complexity index is 1200. The van der Waals surface area contributed by atoms with Gasteiger partial charge in [0.2, 0.25) is 0 Å². The maximum absolute atomic E-state index is 12.7. The van der Waals surface area contributed by atoms with Crippen LogP contribution in [0.25, 0.3) is 16.6 Å². The molecule has 0 atom stereocenters. The molecule has 0 fully saturated rings. The molecule has 0 aliphatic rings. The molecule has 0 aliphatic heterocycles. The third-order valence-electron chi connectivity index (χ3n) is 4.37. The van der Waals surface area contributed by atoms with Crippen LogP contribution in [0, 0.1) is 6.92 Å². The average Bonchev–Trinajstić information content (AvgIpc) is 2.99. The lowest BCUT2D eigenvalue weighted by Crippen LogP contribution is -2.26. The zero-order valence-electron chi connectivity index (χ0n) is 15.0. The molecule has 0 spiro atoms. The van der Waals surface area contributed by atoms with Gasteiger partial charge >= 0.3 is 5.69 Å². The van der Waals surface area contributed by atoms with E-state index in [1.54, 1.807) is 54.1 Å².